The number of rotatable bonds is 0. The summed E-state index contributed by atoms with van der Waals surface area (Å²) in [5.41, 5.74) is 0. The van der Waals surface area contributed by atoms with Gasteiger partial charge in [0.25, 0.3) is 0 Å². The fourth-order valence-corrected chi connectivity index (χ4v) is 0. The van der Waals surface area contributed by atoms with E-state index in [0.29, 0.717) is 0 Å². The van der Waals surface area contributed by atoms with E-state index in [0.717, 1.165) is 0 Å². The van der Waals surface area contributed by atoms with E-state index in [9.17, 15) is 0 Å². The van der Waals surface area contributed by atoms with Gasteiger partial charge in [-0.15, -0.1) is 0 Å². The SMILES string of the molecule is [Ce].[Fe].[H-].[H-].[Mg+2].[SiH3]. The summed E-state index contributed by atoms with van der Waals surface area (Å²) in [5.74, 6) is 0. The standard InChI is InChI=1S/Ce.Fe.Mg.H3Si.2H/h;;;1H3;;/q;;+2;;2*-1. The van der Waals surface area contributed by atoms with Gasteiger partial charge in [-0.1, -0.05) is 0 Å². The first-order valence-corrected chi connectivity index (χ1v) is 0. The van der Waals surface area contributed by atoms with Crippen molar-refractivity contribution in [1.29, 1.82) is 0 Å². The molecule has 0 aliphatic carbocycles. The van der Waals surface area contributed by atoms with Crippen LogP contribution < -0.4 is 0 Å². The van der Waals surface area contributed by atoms with Gasteiger partial charge in [0, 0.05) is 58.8 Å². The van der Waals surface area contributed by atoms with E-state index in [2.05, 4.69) is 0 Å². The maximum atomic E-state index is 0. The van der Waals surface area contributed by atoms with Crippen LogP contribution in [0.4, 0.5) is 0 Å². The number of hydrogen-bond donors (Lipinski definition) is 0. The Morgan fingerprint density at radius 2 is 1.25 bits per heavy atom. The molecule has 0 spiro atoms. The molecule has 0 atom stereocenters. The van der Waals surface area contributed by atoms with Crippen molar-refractivity contribution in [3.63, 3.8) is 0 Å². The van der Waals surface area contributed by atoms with Gasteiger partial charge in [-0.05, 0) is 11.0 Å². The minimum Gasteiger partial charge on any atom is -1.00 e. The zero-order valence-electron chi connectivity index (χ0n) is 4.56. The van der Waals surface area contributed by atoms with Gasteiger partial charge in [-0.3, -0.25) is 0 Å². The second-order valence-electron chi connectivity index (χ2n) is 0. The predicted molar refractivity (Wildman–Crippen MR) is 17.9 cm³/mol. The monoisotopic (exact) mass is 253 g/mol. The topological polar surface area (TPSA) is 0 Å². The summed E-state index contributed by atoms with van der Waals surface area (Å²) in [4.78, 5) is 0. The molecule has 4 heavy (non-hydrogen) atoms. The average Bonchev–Trinajstić information content (AvgIpc) is 0. The van der Waals surface area contributed by atoms with Gasteiger partial charge in [-0.2, -0.15) is 0 Å². The molecule has 0 nitrogen and oxygen atoms in total. The van der Waals surface area contributed by atoms with Crippen LogP contribution in [0.1, 0.15) is 2.85 Å². The molecule has 0 unspecified atom stereocenters. The molecule has 4 heteroatoms. The third-order valence-corrected chi connectivity index (χ3v) is 0. The third kappa shape index (κ3) is 8.86. The van der Waals surface area contributed by atoms with Crippen LogP contribution in [0.3, 0.4) is 0 Å². The van der Waals surface area contributed by atoms with E-state index in [1.807, 2.05) is 0 Å². The van der Waals surface area contributed by atoms with Crippen LogP contribution >= 0.6 is 0 Å². The van der Waals surface area contributed by atoms with Gasteiger partial charge >= 0.3 is 23.1 Å². The smallest absolute Gasteiger partial charge is 1.00 e. The van der Waals surface area contributed by atoms with E-state index in [-0.39, 0.29) is 95.7 Å². The summed E-state index contributed by atoms with van der Waals surface area (Å²) in [5, 5.41) is 0. The van der Waals surface area contributed by atoms with E-state index < -0.39 is 0 Å². The van der Waals surface area contributed by atoms with Crippen molar-refractivity contribution in [3.8, 4) is 0 Å². The normalized spacial score (nSPS) is 0. The zero-order valence-corrected chi connectivity index (χ0v) is 10.2. The third-order valence-electron chi connectivity index (χ3n) is 0. The molecule has 0 aromatic carbocycles. The van der Waals surface area contributed by atoms with Crippen molar-refractivity contribution in [1.82, 2.24) is 0 Å². The van der Waals surface area contributed by atoms with Crippen molar-refractivity contribution in [2.75, 3.05) is 0 Å². The molecule has 1 radical (unpaired) electrons. The second-order valence-corrected chi connectivity index (χ2v) is 0. The predicted octanol–water partition coefficient (Wildman–Crippen LogP) is -1.34. The molecular formula is H5CeFeMgSi. The molecule has 0 aromatic heterocycles. The molecule has 0 amide bonds. The maximum absolute atomic E-state index is 0. The van der Waals surface area contributed by atoms with Gasteiger partial charge in [0.15, 0.2) is 0 Å². The molecule has 23 valence electrons. The van der Waals surface area contributed by atoms with Crippen LogP contribution in [-0.4, -0.2) is 34.0 Å². The molecule has 0 aromatic rings. The molecule has 0 aliphatic heterocycles. The van der Waals surface area contributed by atoms with E-state index in [1.54, 1.807) is 0 Å². The zero-order chi connectivity index (χ0) is 0. The maximum Gasteiger partial charge on any atom is 2.00 e. The molecule has 0 bridgehead atoms. The molecule has 0 aliphatic rings. The molecule has 0 rings (SSSR count). The Hall–Kier alpha value is 2.88. The molecular weight excluding hydrogens is 248 g/mol. The minimum atomic E-state index is 0. The van der Waals surface area contributed by atoms with Gasteiger partial charge in [-0.25, -0.2) is 0 Å². The van der Waals surface area contributed by atoms with Crippen LogP contribution in [0.5, 0.6) is 0 Å². The fraction of sp³-hybridized carbons (Fsp3) is 0. The van der Waals surface area contributed by atoms with E-state index in [4.69, 9.17) is 0 Å². The first kappa shape index (κ1) is 28.7. The largest absolute Gasteiger partial charge is 2.00 e. The van der Waals surface area contributed by atoms with Crippen molar-refractivity contribution in [2.24, 2.45) is 0 Å². The van der Waals surface area contributed by atoms with Crippen LogP contribution in [-0.2, 0) is 17.1 Å². The minimum absolute atomic E-state index is 0. The van der Waals surface area contributed by atoms with E-state index >= 15 is 0 Å². The van der Waals surface area contributed by atoms with Crippen LogP contribution in [0.25, 0.3) is 0 Å². The Kier molecular flexibility index (Phi) is 121. The van der Waals surface area contributed by atoms with Crippen molar-refractivity contribution in [3.05, 3.63) is 0 Å². The Balaban J connectivity index is 0. The van der Waals surface area contributed by atoms with Gasteiger partial charge < -0.3 is 2.85 Å². The van der Waals surface area contributed by atoms with Gasteiger partial charge in [0.2, 0.25) is 0 Å². The number of hydrogen-bond acceptors (Lipinski definition) is 0. The van der Waals surface area contributed by atoms with Crippen molar-refractivity contribution < 1.29 is 61.7 Å². The van der Waals surface area contributed by atoms with Crippen molar-refractivity contribution >= 4 is 34.0 Å². The van der Waals surface area contributed by atoms with Gasteiger partial charge in [0.05, 0.1) is 0 Å². The average molecular weight is 253 g/mol. The Bertz CT molecular complexity index is 13.5. The Labute approximate surface area is 93.9 Å². The van der Waals surface area contributed by atoms with Crippen LogP contribution in [0.2, 0.25) is 0 Å². The quantitative estimate of drug-likeness (QED) is 0.469. The summed E-state index contributed by atoms with van der Waals surface area (Å²) in [6.07, 6.45) is 0. The molecule has 0 saturated carbocycles. The summed E-state index contributed by atoms with van der Waals surface area (Å²) in [7, 11) is 0. The summed E-state index contributed by atoms with van der Waals surface area (Å²) < 4.78 is 0. The van der Waals surface area contributed by atoms with Gasteiger partial charge in [0.1, 0.15) is 0 Å². The molecule has 0 saturated heterocycles. The second kappa shape index (κ2) is 16.9. The van der Waals surface area contributed by atoms with Crippen LogP contribution in [0.15, 0.2) is 0 Å². The van der Waals surface area contributed by atoms with Crippen LogP contribution in [0, 0.1) is 41.7 Å². The summed E-state index contributed by atoms with van der Waals surface area (Å²) >= 11 is 0. The first-order chi connectivity index (χ1) is 0. The summed E-state index contributed by atoms with van der Waals surface area (Å²) in [6.45, 7) is 0. The van der Waals surface area contributed by atoms with E-state index in [1.165, 1.54) is 0 Å². The van der Waals surface area contributed by atoms with Crippen molar-refractivity contribution in [2.45, 2.75) is 0 Å². The summed E-state index contributed by atoms with van der Waals surface area (Å²) in [6, 6.07) is 0. The molecule has 0 heterocycles. The fourth-order valence-electron chi connectivity index (χ4n) is 0. The Morgan fingerprint density at radius 1 is 1.25 bits per heavy atom. The molecule has 0 fully saturated rings. The molecule has 0 N–H and O–H groups in total. The first-order valence-electron chi connectivity index (χ1n) is 0. The Morgan fingerprint density at radius 3 is 1.25 bits per heavy atom.